The zero-order valence-corrected chi connectivity index (χ0v) is 9.90. The van der Waals surface area contributed by atoms with Gasteiger partial charge in [0, 0.05) is 18.0 Å². The van der Waals surface area contributed by atoms with Crippen LogP contribution in [0.1, 0.15) is 18.9 Å². The first-order chi connectivity index (χ1) is 6.76. The lowest BCUT2D eigenvalue weighted by atomic mass is 10.2. The van der Waals surface area contributed by atoms with Crippen molar-refractivity contribution in [1.82, 2.24) is 4.98 Å². The molecule has 1 rings (SSSR count). The highest BCUT2D eigenvalue weighted by Crippen LogP contribution is 2.10. The number of nitrogens with one attached hydrogen (secondary N) is 1. The zero-order chi connectivity index (χ0) is 10.4. The summed E-state index contributed by atoms with van der Waals surface area (Å²) in [6.45, 7) is 4.28. The highest BCUT2D eigenvalue weighted by Gasteiger charge is 2.05. The molecule has 0 spiro atoms. The minimum Gasteiger partial charge on any atom is -0.367 e. The van der Waals surface area contributed by atoms with Gasteiger partial charge in [-0.25, -0.2) is 4.98 Å². The van der Waals surface area contributed by atoms with E-state index < -0.39 is 0 Å². The summed E-state index contributed by atoms with van der Waals surface area (Å²) in [5, 5.41) is 3.44. The maximum absolute atomic E-state index is 4.29. The van der Waals surface area contributed by atoms with Crippen LogP contribution in [0.2, 0.25) is 0 Å². The van der Waals surface area contributed by atoms with E-state index in [1.165, 1.54) is 5.56 Å². The Morgan fingerprint density at radius 2 is 2.36 bits per heavy atom. The van der Waals surface area contributed by atoms with Gasteiger partial charge in [0.05, 0.1) is 0 Å². The van der Waals surface area contributed by atoms with Crippen molar-refractivity contribution >= 4 is 17.6 Å². The van der Waals surface area contributed by atoms with Gasteiger partial charge in [0.1, 0.15) is 5.82 Å². The molecular formula is C11H18N2S. The summed E-state index contributed by atoms with van der Waals surface area (Å²) in [6, 6.07) is 4.63. The average molecular weight is 210 g/mol. The van der Waals surface area contributed by atoms with Crippen LogP contribution in [0.25, 0.3) is 0 Å². The van der Waals surface area contributed by atoms with Crippen LogP contribution in [-0.2, 0) is 0 Å². The van der Waals surface area contributed by atoms with Gasteiger partial charge in [0.15, 0.2) is 0 Å². The summed E-state index contributed by atoms with van der Waals surface area (Å²) in [7, 11) is 0. The fraction of sp³-hybridized carbons (Fsp3) is 0.545. The lowest BCUT2D eigenvalue weighted by molar-refractivity contribution is 0.770. The van der Waals surface area contributed by atoms with Crippen LogP contribution < -0.4 is 5.32 Å². The third-order valence-electron chi connectivity index (χ3n) is 2.13. The molecule has 0 aliphatic rings. The average Bonchev–Trinajstić information content (AvgIpc) is 2.17. The molecule has 0 aliphatic heterocycles. The van der Waals surface area contributed by atoms with Crippen molar-refractivity contribution in [1.29, 1.82) is 0 Å². The molecule has 3 heteroatoms. The second-order valence-corrected chi connectivity index (χ2v) is 4.33. The van der Waals surface area contributed by atoms with Crippen LogP contribution in [0.15, 0.2) is 18.3 Å². The van der Waals surface area contributed by atoms with Gasteiger partial charge in [-0.3, -0.25) is 0 Å². The van der Waals surface area contributed by atoms with Crippen LogP contribution in [-0.4, -0.2) is 23.0 Å². The van der Waals surface area contributed by atoms with Gasteiger partial charge >= 0.3 is 0 Å². The summed E-state index contributed by atoms with van der Waals surface area (Å²) in [4.78, 5) is 4.29. The molecule has 0 fully saturated rings. The Balaban J connectivity index is 2.57. The molecule has 2 nitrogen and oxygen atoms in total. The minimum atomic E-state index is 0.527. The van der Waals surface area contributed by atoms with Gasteiger partial charge in [0.2, 0.25) is 0 Å². The number of pyridine rings is 1. The molecule has 1 aromatic rings. The highest BCUT2D eigenvalue weighted by molar-refractivity contribution is 7.98. The van der Waals surface area contributed by atoms with Crippen LogP contribution in [0, 0.1) is 6.92 Å². The van der Waals surface area contributed by atoms with Gasteiger partial charge in [0.25, 0.3) is 0 Å². The van der Waals surface area contributed by atoms with E-state index in [1.807, 2.05) is 24.0 Å². The van der Waals surface area contributed by atoms with Gasteiger partial charge in [-0.1, -0.05) is 6.92 Å². The summed E-state index contributed by atoms with van der Waals surface area (Å²) in [5.74, 6) is 2.12. The Morgan fingerprint density at radius 1 is 1.57 bits per heavy atom. The van der Waals surface area contributed by atoms with E-state index in [9.17, 15) is 0 Å². The van der Waals surface area contributed by atoms with Crippen molar-refractivity contribution in [2.75, 3.05) is 17.3 Å². The molecule has 1 aromatic heterocycles. The Morgan fingerprint density at radius 3 is 2.93 bits per heavy atom. The molecular weight excluding hydrogens is 192 g/mol. The summed E-state index contributed by atoms with van der Waals surface area (Å²) >= 11 is 1.87. The molecule has 0 saturated carbocycles. The van der Waals surface area contributed by atoms with Crippen molar-refractivity contribution in [2.24, 2.45) is 0 Å². The maximum Gasteiger partial charge on any atom is 0.126 e. The molecule has 1 N–H and O–H groups in total. The minimum absolute atomic E-state index is 0.527. The molecule has 0 amide bonds. The van der Waals surface area contributed by atoms with Crippen molar-refractivity contribution < 1.29 is 0 Å². The van der Waals surface area contributed by atoms with Crippen molar-refractivity contribution in [2.45, 2.75) is 26.3 Å². The van der Waals surface area contributed by atoms with Gasteiger partial charge in [-0.15, -0.1) is 0 Å². The number of hydrogen-bond acceptors (Lipinski definition) is 3. The molecule has 0 radical (unpaired) electrons. The number of hydrogen-bond donors (Lipinski definition) is 1. The van der Waals surface area contributed by atoms with Crippen LogP contribution in [0.4, 0.5) is 5.82 Å². The van der Waals surface area contributed by atoms with Crippen molar-refractivity contribution in [3.63, 3.8) is 0 Å². The molecule has 0 aromatic carbocycles. The summed E-state index contributed by atoms with van der Waals surface area (Å²) < 4.78 is 0. The van der Waals surface area contributed by atoms with E-state index in [2.05, 4.69) is 36.5 Å². The van der Waals surface area contributed by atoms with E-state index in [1.54, 1.807) is 0 Å². The lowest BCUT2D eigenvalue weighted by Gasteiger charge is -2.16. The molecule has 1 unspecified atom stereocenters. The predicted molar refractivity (Wildman–Crippen MR) is 65.1 cm³/mol. The first kappa shape index (κ1) is 11.4. The van der Waals surface area contributed by atoms with E-state index >= 15 is 0 Å². The second-order valence-electron chi connectivity index (χ2n) is 3.42. The van der Waals surface area contributed by atoms with E-state index in [0.29, 0.717) is 6.04 Å². The first-order valence-electron chi connectivity index (χ1n) is 4.94. The normalized spacial score (nSPS) is 12.5. The van der Waals surface area contributed by atoms with E-state index in [4.69, 9.17) is 0 Å². The smallest absolute Gasteiger partial charge is 0.126 e. The van der Waals surface area contributed by atoms with Crippen molar-refractivity contribution in [3.05, 3.63) is 23.9 Å². The Kier molecular flexibility index (Phi) is 4.80. The quantitative estimate of drug-likeness (QED) is 0.809. The second kappa shape index (κ2) is 5.91. The molecule has 0 bridgehead atoms. The predicted octanol–water partition coefficient (Wildman–Crippen LogP) is 2.94. The van der Waals surface area contributed by atoms with Crippen LogP contribution in [0.5, 0.6) is 0 Å². The standard InChI is InChI=1S/C11H18N2S/c1-4-10(8-14-3)13-11-7-9(2)5-6-12-11/h5-7,10H,4,8H2,1-3H3,(H,12,13). The van der Waals surface area contributed by atoms with Crippen LogP contribution in [0.3, 0.4) is 0 Å². The monoisotopic (exact) mass is 210 g/mol. The number of rotatable bonds is 5. The largest absolute Gasteiger partial charge is 0.367 e. The molecule has 14 heavy (non-hydrogen) atoms. The third kappa shape index (κ3) is 3.58. The molecule has 0 saturated heterocycles. The number of anilines is 1. The van der Waals surface area contributed by atoms with E-state index in [0.717, 1.165) is 18.0 Å². The number of aryl methyl sites for hydroxylation is 1. The molecule has 0 aliphatic carbocycles. The number of thioether (sulfide) groups is 1. The lowest BCUT2D eigenvalue weighted by Crippen LogP contribution is -2.21. The molecule has 1 heterocycles. The van der Waals surface area contributed by atoms with Crippen molar-refractivity contribution in [3.8, 4) is 0 Å². The number of aromatic nitrogens is 1. The summed E-state index contributed by atoms with van der Waals surface area (Å²) in [5.41, 5.74) is 1.25. The zero-order valence-electron chi connectivity index (χ0n) is 9.08. The van der Waals surface area contributed by atoms with Gasteiger partial charge in [-0.2, -0.15) is 11.8 Å². The van der Waals surface area contributed by atoms with Gasteiger partial charge in [-0.05, 0) is 37.3 Å². The maximum atomic E-state index is 4.29. The molecule has 1 atom stereocenters. The fourth-order valence-electron chi connectivity index (χ4n) is 1.29. The van der Waals surface area contributed by atoms with E-state index in [-0.39, 0.29) is 0 Å². The molecule has 78 valence electrons. The topological polar surface area (TPSA) is 24.9 Å². The Hall–Kier alpha value is -0.700. The number of nitrogens with zero attached hydrogens (tertiary/aromatic N) is 1. The Labute approximate surface area is 90.5 Å². The summed E-state index contributed by atoms with van der Waals surface area (Å²) in [6.07, 6.45) is 5.12. The Bertz CT molecular complexity index is 276. The third-order valence-corrected chi connectivity index (χ3v) is 2.86. The SMILES string of the molecule is CCC(CSC)Nc1cc(C)ccn1. The highest BCUT2D eigenvalue weighted by atomic mass is 32.2. The first-order valence-corrected chi connectivity index (χ1v) is 6.33. The fourth-order valence-corrected chi connectivity index (χ4v) is 2.01. The van der Waals surface area contributed by atoms with Crippen LogP contribution >= 0.6 is 11.8 Å². The van der Waals surface area contributed by atoms with Gasteiger partial charge < -0.3 is 5.32 Å².